The first-order chi connectivity index (χ1) is 10.8. The highest BCUT2D eigenvalue weighted by molar-refractivity contribution is 4.92. The molecular formula is C20H38O2. The van der Waals surface area contributed by atoms with Crippen LogP contribution in [0.2, 0.25) is 0 Å². The van der Waals surface area contributed by atoms with Gasteiger partial charge in [-0.25, -0.2) is 0 Å². The number of unbranched alkanes of at least 4 members (excludes halogenated alkanes) is 8. The van der Waals surface area contributed by atoms with Crippen molar-refractivity contribution in [2.75, 3.05) is 14.2 Å². The fourth-order valence-electron chi connectivity index (χ4n) is 2.45. The Morgan fingerprint density at radius 3 is 1.82 bits per heavy atom. The van der Waals surface area contributed by atoms with Crippen molar-refractivity contribution in [2.24, 2.45) is 0 Å². The van der Waals surface area contributed by atoms with Gasteiger partial charge in [0.05, 0.1) is 0 Å². The third-order valence-electron chi connectivity index (χ3n) is 3.92. The van der Waals surface area contributed by atoms with Gasteiger partial charge in [0.25, 0.3) is 0 Å². The summed E-state index contributed by atoms with van der Waals surface area (Å²) in [6.45, 7) is 2.25. The maximum atomic E-state index is 5.18. The Balaban J connectivity index is 3.23. The highest BCUT2D eigenvalue weighted by Gasteiger charge is 2.03. The highest BCUT2D eigenvalue weighted by atomic mass is 16.7. The SMILES string of the molecule is CCCCC/C=C/C/C=C/CCCCCCCC(OC)OC. The predicted octanol–water partition coefficient (Wildman–Crippen LogP) is 6.42. The minimum atomic E-state index is -0.0158. The van der Waals surface area contributed by atoms with Crippen LogP contribution in [-0.2, 0) is 9.47 Å². The predicted molar refractivity (Wildman–Crippen MR) is 97.2 cm³/mol. The van der Waals surface area contributed by atoms with Crippen molar-refractivity contribution >= 4 is 0 Å². The second kappa shape index (κ2) is 18.4. The largest absolute Gasteiger partial charge is 0.356 e. The van der Waals surface area contributed by atoms with Crippen molar-refractivity contribution in [3.05, 3.63) is 24.3 Å². The molecule has 0 spiro atoms. The molecule has 0 rings (SSSR count). The van der Waals surface area contributed by atoms with E-state index in [0.29, 0.717) is 0 Å². The van der Waals surface area contributed by atoms with Gasteiger partial charge < -0.3 is 9.47 Å². The molecule has 0 aliphatic heterocycles. The molecule has 0 N–H and O–H groups in total. The van der Waals surface area contributed by atoms with Crippen LogP contribution in [0.1, 0.15) is 84.0 Å². The van der Waals surface area contributed by atoms with Crippen molar-refractivity contribution < 1.29 is 9.47 Å². The minimum Gasteiger partial charge on any atom is -0.356 e. The standard InChI is InChI=1S/C20H38O2/c1-4-5-6-7-8-9-10-11-12-13-14-15-16-17-18-19-20(21-2)22-3/h8-9,11-12,20H,4-7,10,13-19H2,1-3H3/b9-8+,12-11+. The Labute approximate surface area is 139 Å². The molecule has 0 aliphatic rings. The molecule has 0 atom stereocenters. The lowest BCUT2D eigenvalue weighted by molar-refractivity contribution is -0.107. The molecule has 2 nitrogen and oxygen atoms in total. The number of hydrogen-bond acceptors (Lipinski definition) is 2. The monoisotopic (exact) mass is 310 g/mol. The van der Waals surface area contributed by atoms with Crippen molar-refractivity contribution in [1.82, 2.24) is 0 Å². The molecule has 0 saturated heterocycles. The molecule has 0 unspecified atom stereocenters. The lowest BCUT2D eigenvalue weighted by atomic mass is 10.1. The molecule has 22 heavy (non-hydrogen) atoms. The number of ether oxygens (including phenoxy) is 2. The Bertz CT molecular complexity index is 254. The molecule has 0 radical (unpaired) electrons. The molecule has 0 fully saturated rings. The van der Waals surface area contributed by atoms with Crippen molar-refractivity contribution in [2.45, 2.75) is 90.3 Å². The van der Waals surface area contributed by atoms with E-state index >= 15 is 0 Å². The number of methoxy groups -OCH3 is 2. The van der Waals surface area contributed by atoms with Gasteiger partial charge in [-0.3, -0.25) is 0 Å². The molecule has 0 heterocycles. The van der Waals surface area contributed by atoms with Crippen LogP contribution in [0.15, 0.2) is 24.3 Å². The van der Waals surface area contributed by atoms with E-state index in [4.69, 9.17) is 9.47 Å². The highest BCUT2D eigenvalue weighted by Crippen LogP contribution is 2.10. The third-order valence-corrected chi connectivity index (χ3v) is 3.92. The van der Waals surface area contributed by atoms with Crippen LogP contribution in [0.25, 0.3) is 0 Å². The molecule has 0 bridgehead atoms. The zero-order chi connectivity index (χ0) is 16.3. The molecule has 2 heteroatoms. The summed E-state index contributed by atoms with van der Waals surface area (Å²) in [5.41, 5.74) is 0. The van der Waals surface area contributed by atoms with Crippen LogP contribution in [0.4, 0.5) is 0 Å². The number of hydrogen-bond donors (Lipinski definition) is 0. The van der Waals surface area contributed by atoms with Gasteiger partial charge in [0, 0.05) is 14.2 Å². The maximum Gasteiger partial charge on any atom is 0.156 e. The van der Waals surface area contributed by atoms with Crippen molar-refractivity contribution in [1.29, 1.82) is 0 Å². The zero-order valence-corrected chi connectivity index (χ0v) is 15.2. The summed E-state index contributed by atoms with van der Waals surface area (Å²) in [7, 11) is 3.42. The number of allylic oxidation sites excluding steroid dienone is 4. The van der Waals surface area contributed by atoms with Gasteiger partial charge in [-0.05, 0) is 44.9 Å². The Hall–Kier alpha value is -0.600. The van der Waals surface area contributed by atoms with E-state index in [1.165, 1.54) is 64.2 Å². The molecule has 0 saturated carbocycles. The van der Waals surface area contributed by atoms with Crippen LogP contribution in [0.5, 0.6) is 0 Å². The summed E-state index contributed by atoms with van der Waals surface area (Å²) >= 11 is 0. The van der Waals surface area contributed by atoms with Gasteiger partial charge in [-0.15, -0.1) is 0 Å². The van der Waals surface area contributed by atoms with E-state index in [2.05, 4.69) is 31.2 Å². The molecule has 0 aliphatic carbocycles. The van der Waals surface area contributed by atoms with Gasteiger partial charge in [-0.1, -0.05) is 63.3 Å². The van der Waals surface area contributed by atoms with E-state index in [-0.39, 0.29) is 6.29 Å². The van der Waals surface area contributed by atoms with Gasteiger partial charge in [0.15, 0.2) is 6.29 Å². The minimum absolute atomic E-state index is 0.0158. The molecule has 0 aromatic heterocycles. The first-order valence-electron chi connectivity index (χ1n) is 9.20. The van der Waals surface area contributed by atoms with E-state index in [1.807, 2.05) is 0 Å². The Morgan fingerprint density at radius 2 is 1.23 bits per heavy atom. The van der Waals surface area contributed by atoms with Crippen LogP contribution in [0, 0.1) is 0 Å². The Kier molecular flexibility index (Phi) is 17.9. The zero-order valence-electron chi connectivity index (χ0n) is 15.2. The number of rotatable bonds is 16. The fraction of sp³-hybridized carbons (Fsp3) is 0.800. The summed E-state index contributed by atoms with van der Waals surface area (Å²) < 4.78 is 10.4. The lowest BCUT2D eigenvalue weighted by Gasteiger charge is -2.12. The third kappa shape index (κ3) is 15.8. The summed E-state index contributed by atoms with van der Waals surface area (Å²) in [6.07, 6.45) is 24.3. The second-order valence-electron chi connectivity index (χ2n) is 5.92. The van der Waals surface area contributed by atoms with Crippen LogP contribution in [0.3, 0.4) is 0 Å². The molecule has 0 aromatic rings. The first-order valence-corrected chi connectivity index (χ1v) is 9.20. The van der Waals surface area contributed by atoms with Crippen LogP contribution >= 0.6 is 0 Å². The van der Waals surface area contributed by atoms with E-state index in [0.717, 1.165) is 12.8 Å². The summed E-state index contributed by atoms with van der Waals surface area (Å²) in [6, 6.07) is 0. The van der Waals surface area contributed by atoms with E-state index < -0.39 is 0 Å². The summed E-state index contributed by atoms with van der Waals surface area (Å²) in [5, 5.41) is 0. The van der Waals surface area contributed by atoms with Gasteiger partial charge >= 0.3 is 0 Å². The average molecular weight is 311 g/mol. The van der Waals surface area contributed by atoms with Crippen molar-refractivity contribution in [3.63, 3.8) is 0 Å². The summed E-state index contributed by atoms with van der Waals surface area (Å²) in [5.74, 6) is 0. The normalized spacial score (nSPS) is 12.2. The van der Waals surface area contributed by atoms with Gasteiger partial charge in [0.1, 0.15) is 0 Å². The van der Waals surface area contributed by atoms with Gasteiger partial charge in [0.2, 0.25) is 0 Å². The van der Waals surface area contributed by atoms with Crippen molar-refractivity contribution in [3.8, 4) is 0 Å². The van der Waals surface area contributed by atoms with Crippen LogP contribution < -0.4 is 0 Å². The molecule has 0 aromatic carbocycles. The average Bonchev–Trinajstić information content (AvgIpc) is 2.55. The van der Waals surface area contributed by atoms with Crippen LogP contribution in [-0.4, -0.2) is 20.5 Å². The quantitative estimate of drug-likeness (QED) is 0.186. The van der Waals surface area contributed by atoms with E-state index in [9.17, 15) is 0 Å². The topological polar surface area (TPSA) is 18.5 Å². The molecule has 130 valence electrons. The smallest absolute Gasteiger partial charge is 0.156 e. The van der Waals surface area contributed by atoms with Gasteiger partial charge in [-0.2, -0.15) is 0 Å². The first kappa shape index (κ1) is 21.4. The Morgan fingerprint density at radius 1 is 0.682 bits per heavy atom. The summed E-state index contributed by atoms with van der Waals surface area (Å²) in [4.78, 5) is 0. The van der Waals surface area contributed by atoms with E-state index in [1.54, 1.807) is 14.2 Å². The lowest BCUT2D eigenvalue weighted by Crippen LogP contribution is -2.12. The maximum absolute atomic E-state index is 5.18. The molecular weight excluding hydrogens is 272 g/mol. The fourth-order valence-corrected chi connectivity index (χ4v) is 2.45. The molecule has 0 amide bonds. The second-order valence-corrected chi connectivity index (χ2v) is 5.92.